The smallest absolute Gasteiger partial charge is 0.325 e. The first-order valence-electron chi connectivity index (χ1n) is 7.35. The van der Waals surface area contributed by atoms with Crippen LogP contribution in [0.25, 0.3) is 0 Å². The van der Waals surface area contributed by atoms with Gasteiger partial charge >= 0.3 is 5.97 Å². The summed E-state index contributed by atoms with van der Waals surface area (Å²) in [6.45, 7) is 3.23. The number of nitrogens with one attached hydrogen (secondary N) is 1. The van der Waals surface area contributed by atoms with Gasteiger partial charge in [-0.05, 0) is 19.8 Å². The predicted octanol–water partition coefficient (Wildman–Crippen LogP) is 0.307. The van der Waals surface area contributed by atoms with Gasteiger partial charge in [0, 0.05) is 12.6 Å². The molecule has 0 aromatic carbocycles. The van der Waals surface area contributed by atoms with Crippen LogP contribution in [0.3, 0.4) is 0 Å². The van der Waals surface area contributed by atoms with Crippen LogP contribution in [0.2, 0.25) is 0 Å². The van der Waals surface area contributed by atoms with E-state index < -0.39 is 6.04 Å². The van der Waals surface area contributed by atoms with Crippen molar-refractivity contribution in [2.24, 2.45) is 0 Å². The second-order valence-corrected chi connectivity index (χ2v) is 5.52. The van der Waals surface area contributed by atoms with E-state index in [9.17, 15) is 9.59 Å². The first-order chi connectivity index (χ1) is 9.63. The van der Waals surface area contributed by atoms with E-state index in [2.05, 4.69) is 5.32 Å². The molecule has 6 nitrogen and oxygen atoms in total. The number of morpholine rings is 1. The third kappa shape index (κ3) is 3.49. The SMILES string of the molecule is COC(=O)C1COCCN1C(C)C(=O)NC1CCCC1. The summed E-state index contributed by atoms with van der Waals surface area (Å²) in [6.07, 6.45) is 4.48. The molecule has 1 N–H and O–H groups in total. The van der Waals surface area contributed by atoms with Crippen LogP contribution >= 0.6 is 0 Å². The van der Waals surface area contributed by atoms with Crippen molar-refractivity contribution in [3.05, 3.63) is 0 Å². The molecule has 1 saturated carbocycles. The molecular formula is C14H24N2O4. The predicted molar refractivity (Wildman–Crippen MR) is 73.2 cm³/mol. The molecule has 114 valence electrons. The molecule has 0 radical (unpaired) electrons. The number of rotatable bonds is 4. The van der Waals surface area contributed by atoms with Gasteiger partial charge in [0.25, 0.3) is 0 Å². The number of carbonyl (C=O) groups is 2. The highest BCUT2D eigenvalue weighted by atomic mass is 16.5. The van der Waals surface area contributed by atoms with Gasteiger partial charge in [0.2, 0.25) is 5.91 Å². The van der Waals surface area contributed by atoms with Crippen molar-refractivity contribution in [2.45, 2.75) is 50.7 Å². The number of carbonyl (C=O) groups excluding carboxylic acids is 2. The van der Waals surface area contributed by atoms with Crippen LogP contribution in [0.15, 0.2) is 0 Å². The second kappa shape index (κ2) is 7.04. The first kappa shape index (κ1) is 15.3. The van der Waals surface area contributed by atoms with E-state index in [0.717, 1.165) is 12.8 Å². The molecular weight excluding hydrogens is 260 g/mol. The Morgan fingerprint density at radius 3 is 2.70 bits per heavy atom. The highest BCUT2D eigenvalue weighted by Gasteiger charge is 2.36. The third-order valence-corrected chi connectivity index (χ3v) is 4.22. The first-order valence-corrected chi connectivity index (χ1v) is 7.35. The molecule has 1 aliphatic heterocycles. The van der Waals surface area contributed by atoms with E-state index in [1.54, 1.807) is 0 Å². The van der Waals surface area contributed by atoms with Crippen molar-refractivity contribution >= 4 is 11.9 Å². The largest absolute Gasteiger partial charge is 0.468 e. The van der Waals surface area contributed by atoms with Gasteiger partial charge in [-0.25, -0.2) is 0 Å². The van der Waals surface area contributed by atoms with E-state index in [0.29, 0.717) is 19.2 Å². The molecule has 2 aliphatic rings. The number of ether oxygens (including phenoxy) is 2. The molecule has 0 aromatic heterocycles. The third-order valence-electron chi connectivity index (χ3n) is 4.22. The molecule has 2 fully saturated rings. The van der Waals surface area contributed by atoms with Crippen LogP contribution < -0.4 is 5.32 Å². The topological polar surface area (TPSA) is 67.9 Å². The fourth-order valence-corrected chi connectivity index (χ4v) is 2.96. The van der Waals surface area contributed by atoms with Crippen molar-refractivity contribution < 1.29 is 19.1 Å². The van der Waals surface area contributed by atoms with Gasteiger partial charge in [-0.3, -0.25) is 14.5 Å². The average Bonchev–Trinajstić information content (AvgIpc) is 2.98. The van der Waals surface area contributed by atoms with E-state index in [1.165, 1.54) is 20.0 Å². The average molecular weight is 284 g/mol. The summed E-state index contributed by atoms with van der Waals surface area (Å²) in [4.78, 5) is 26.0. The van der Waals surface area contributed by atoms with Crippen molar-refractivity contribution in [3.8, 4) is 0 Å². The minimum absolute atomic E-state index is 0.00676. The molecule has 1 saturated heterocycles. The maximum absolute atomic E-state index is 12.3. The Hall–Kier alpha value is -1.14. The summed E-state index contributed by atoms with van der Waals surface area (Å²) in [5, 5.41) is 3.08. The van der Waals surface area contributed by atoms with Crippen molar-refractivity contribution in [2.75, 3.05) is 26.9 Å². The zero-order chi connectivity index (χ0) is 14.5. The van der Waals surface area contributed by atoms with Gasteiger partial charge in [-0.15, -0.1) is 0 Å². The molecule has 1 heterocycles. The molecule has 0 spiro atoms. The number of esters is 1. The van der Waals surface area contributed by atoms with E-state index >= 15 is 0 Å². The molecule has 2 atom stereocenters. The maximum atomic E-state index is 12.3. The zero-order valence-electron chi connectivity index (χ0n) is 12.3. The number of amides is 1. The van der Waals surface area contributed by atoms with Crippen LogP contribution in [0.4, 0.5) is 0 Å². The molecule has 1 aliphatic carbocycles. The lowest BCUT2D eigenvalue weighted by molar-refractivity contribution is -0.156. The highest BCUT2D eigenvalue weighted by molar-refractivity contribution is 5.83. The Morgan fingerprint density at radius 1 is 1.35 bits per heavy atom. The van der Waals surface area contributed by atoms with Gasteiger partial charge in [0.1, 0.15) is 6.04 Å². The molecule has 2 unspecified atom stereocenters. The van der Waals surface area contributed by atoms with Crippen molar-refractivity contribution in [3.63, 3.8) is 0 Å². The Balaban J connectivity index is 1.95. The Kier molecular flexibility index (Phi) is 5.37. The molecule has 20 heavy (non-hydrogen) atoms. The van der Waals surface area contributed by atoms with Gasteiger partial charge in [-0.2, -0.15) is 0 Å². The fourth-order valence-electron chi connectivity index (χ4n) is 2.96. The normalized spacial score (nSPS) is 26.2. The second-order valence-electron chi connectivity index (χ2n) is 5.52. The zero-order valence-corrected chi connectivity index (χ0v) is 12.3. The van der Waals surface area contributed by atoms with Crippen LogP contribution in [0.5, 0.6) is 0 Å². The number of hydrogen-bond acceptors (Lipinski definition) is 5. The lowest BCUT2D eigenvalue weighted by Gasteiger charge is -2.37. The van der Waals surface area contributed by atoms with Crippen LogP contribution in [-0.4, -0.2) is 61.8 Å². The number of nitrogens with zero attached hydrogens (tertiary/aromatic N) is 1. The lowest BCUT2D eigenvalue weighted by Crippen LogP contribution is -2.58. The van der Waals surface area contributed by atoms with E-state index in [-0.39, 0.29) is 24.5 Å². The molecule has 2 rings (SSSR count). The van der Waals surface area contributed by atoms with Crippen LogP contribution in [0, 0.1) is 0 Å². The summed E-state index contributed by atoms with van der Waals surface area (Å²) < 4.78 is 10.1. The molecule has 6 heteroatoms. The molecule has 0 aromatic rings. The summed E-state index contributed by atoms with van der Waals surface area (Å²) in [7, 11) is 1.36. The molecule has 0 bridgehead atoms. The Labute approximate surface area is 119 Å². The van der Waals surface area contributed by atoms with Crippen LogP contribution in [0.1, 0.15) is 32.6 Å². The van der Waals surface area contributed by atoms with E-state index in [1.807, 2.05) is 11.8 Å². The monoisotopic (exact) mass is 284 g/mol. The summed E-state index contributed by atoms with van der Waals surface area (Å²) in [5.41, 5.74) is 0. The van der Waals surface area contributed by atoms with Gasteiger partial charge < -0.3 is 14.8 Å². The maximum Gasteiger partial charge on any atom is 0.325 e. The van der Waals surface area contributed by atoms with E-state index in [4.69, 9.17) is 9.47 Å². The standard InChI is InChI=1S/C14H24N2O4/c1-10(13(17)15-11-5-3-4-6-11)16-7-8-20-9-12(16)14(18)19-2/h10-12H,3-9H2,1-2H3,(H,15,17). The van der Waals surface area contributed by atoms with Crippen molar-refractivity contribution in [1.82, 2.24) is 10.2 Å². The Bertz CT molecular complexity index is 355. The van der Waals surface area contributed by atoms with Gasteiger partial charge in [-0.1, -0.05) is 12.8 Å². The summed E-state index contributed by atoms with van der Waals surface area (Å²) >= 11 is 0. The van der Waals surface area contributed by atoms with Gasteiger partial charge in [0.05, 0.1) is 26.4 Å². The quantitative estimate of drug-likeness (QED) is 0.752. The van der Waals surface area contributed by atoms with Crippen LogP contribution in [-0.2, 0) is 19.1 Å². The number of methoxy groups -OCH3 is 1. The lowest BCUT2D eigenvalue weighted by atomic mass is 10.1. The minimum atomic E-state index is -0.488. The fraction of sp³-hybridized carbons (Fsp3) is 0.857. The Morgan fingerprint density at radius 2 is 2.05 bits per heavy atom. The highest BCUT2D eigenvalue weighted by Crippen LogP contribution is 2.19. The summed E-state index contributed by atoms with van der Waals surface area (Å²) in [6, 6.07) is -0.538. The molecule has 1 amide bonds. The number of hydrogen-bond donors (Lipinski definition) is 1. The van der Waals surface area contributed by atoms with Crippen molar-refractivity contribution in [1.29, 1.82) is 0 Å². The summed E-state index contributed by atoms with van der Waals surface area (Å²) in [5.74, 6) is -0.349. The minimum Gasteiger partial charge on any atom is -0.468 e. The van der Waals surface area contributed by atoms with Gasteiger partial charge in [0.15, 0.2) is 0 Å².